The van der Waals surface area contributed by atoms with Crippen LogP contribution in [-0.2, 0) is 9.53 Å². The topological polar surface area (TPSA) is 102 Å². The molecule has 1 aromatic carbocycles. The van der Waals surface area contributed by atoms with E-state index >= 15 is 0 Å². The molecule has 0 radical (unpaired) electrons. The predicted molar refractivity (Wildman–Crippen MR) is 69.6 cm³/mol. The Morgan fingerprint density at radius 3 is 2.78 bits per heavy atom. The number of carboxylic acid groups (broad SMARTS) is 1. The Morgan fingerprint density at radius 2 is 2.22 bits per heavy atom. The number of rotatable bonds is 5. The lowest BCUT2D eigenvalue weighted by atomic mass is 10.1. The van der Waals surface area contributed by atoms with Gasteiger partial charge in [-0.2, -0.15) is 0 Å². The third-order valence-corrected chi connectivity index (χ3v) is 2.65. The summed E-state index contributed by atoms with van der Waals surface area (Å²) in [5.74, 6) is -1.63. The highest BCUT2D eigenvalue weighted by molar-refractivity contribution is 9.10. The molecule has 0 aliphatic carbocycles. The average molecular weight is 317 g/mol. The van der Waals surface area contributed by atoms with Gasteiger partial charge in [0.2, 0.25) is 5.91 Å². The van der Waals surface area contributed by atoms with E-state index in [1.807, 2.05) is 0 Å². The number of aromatic carboxylic acids is 1. The monoisotopic (exact) mass is 316 g/mol. The van der Waals surface area contributed by atoms with Crippen molar-refractivity contribution in [2.45, 2.75) is 6.04 Å². The maximum absolute atomic E-state index is 11.7. The van der Waals surface area contributed by atoms with Gasteiger partial charge in [0.15, 0.2) is 0 Å². The summed E-state index contributed by atoms with van der Waals surface area (Å²) in [6.45, 7) is 0.0578. The van der Waals surface area contributed by atoms with Crippen LogP contribution >= 0.6 is 15.9 Å². The molecular weight excluding hydrogens is 304 g/mol. The molecule has 0 saturated heterocycles. The van der Waals surface area contributed by atoms with E-state index in [0.717, 1.165) is 0 Å². The van der Waals surface area contributed by atoms with E-state index in [4.69, 9.17) is 15.6 Å². The number of hydrogen-bond acceptors (Lipinski definition) is 4. The van der Waals surface area contributed by atoms with Crippen molar-refractivity contribution in [3.05, 3.63) is 28.2 Å². The number of ether oxygens (including phenoxy) is 1. The molecule has 1 atom stereocenters. The first-order valence-corrected chi connectivity index (χ1v) is 5.83. The van der Waals surface area contributed by atoms with Crippen molar-refractivity contribution in [1.82, 2.24) is 0 Å². The molecule has 0 bridgehead atoms. The number of carbonyl (C=O) groups is 2. The van der Waals surface area contributed by atoms with E-state index in [1.54, 1.807) is 6.07 Å². The van der Waals surface area contributed by atoms with Crippen LogP contribution in [0.15, 0.2) is 22.7 Å². The smallest absolute Gasteiger partial charge is 0.337 e. The Kier molecular flexibility index (Phi) is 5.26. The maximum atomic E-state index is 11.7. The Morgan fingerprint density at radius 1 is 1.56 bits per heavy atom. The molecule has 0 heterocycles. The van der Waals surface area contributed by atoms with Crippen LogP contribution in [0.25, 0.3) is 0 Å². The molecule has 1 unspecified atom stereocenters. The number of halogens is 1. The molecule has 0 fully saturated rings. The fraction of sp³-hybridized carbons (Fsp3) is 0.273. The van der Waals surface area contributed by atoms with E-state index in [9.17, 15) is 9.59 Å². The van der Waals surface area contributed by atoms with Crippen molar-refractivity contribution in [2.24, 2.45) is 5.73 Å². The number of amides is 1. The molecule has 7 heteroatoms. The van der Waals surface area contributed by atoms with E-state index in [-0.39, 0.29) is 17.9 Å². The van der Waals surface area contributed by atoms with Gasteiger partial charge in [0.25, 0.3) is 0 Å². The number of nitrogens with one attached hydrogen (secondary N) is 1. The van der Waals surface area contributed by atoms with Gasteiger partial charge in [-0.3, -0.25) is 4.79 Å². The van der Waals surface area contributed by atoms with E-state index < -0.39 is 17.9 Å². The lowest BCUT2D eigenvalue weighted by Crippen LogP contribution is -2.39. The number of carbonyl (C=O) groups excluding carboxylic acids is 1. The van der Waals surface area contributed by atoms with Crippen LogP contribution in [0.3, 0.4) is 0 Å². The second kappa shape index (κ2) is 6.48. The molecule has 4 N–H and O–H groups in total. The van der Waals surface area contributed by atoms with Crippen LogP contribution in [0.2, 0.25) is 0 Å². The van der Waals surface area contributed by atoms with Crippen molar-refractivity contribution < 1.29 is 19.4 Å². The number of methoxy groups -OCH3 is 1. The van der Waals surface area contributed by atoms with E-state index in [1.165, 1.54) is 19.2 Å². The highest BCUT2D eigenvalue weighted by Gasteiger charge is 2.17. The molecule has 1 amide bonds. The average Bonchev–Trinajstić information content (AvgIpc) is 2.28. The van der Waals surface area contributed by atoms with Gasteiger partial charge in [0, 0.05) is 11.6 Å². The SMILES string of the molecule is COCC(N)C(=O)Nc1cc(Br)ccc1C(=O)O. The van der Waals surface area contributed by atoms with Crippen molar-refractivity contribution >= 4 is 33.5 Å². The zero-order chi connectivity index (χ0) is 13.7. The molecule has 98 valence electrons. The summed E-state index contributed by atoms with van der Waals surface area (Å²) in [6.07, 6.45) is 0. The lowest BCUT2D eigenvalue weighted by molar-refractivity contribution is -0.118. The van der Waals surface area contributed by atoms with Crippen LogP contribution < -0.4 is 11.1 Å². The Bertz CT molecular complexity index is 464. The summed E-state index contributed by atoms with van der Waals surface area (Å²) in [6, 6.07) is 3.62. The molecule has 0 aliphatic rings. The molecule has 6 nitrogen and oxygen atoms in total. The Hall–Kier alpha value is -1.44. The third kappa shape index (κ3) is 3.80. The summed E-state index contributed by atoms with van der Waals surface area (Å²) in [5, 5.41) is 11.5. The van der Waals surface area contributed by atoms with Gasteiger partial charge in [-0.1, -0.05) is 15.9 Å². The van der Waals surface area contributed by atoms with Gasteiger partial charge in [-0.25, -0.2) is 4.79 Å². The minimum absolute atomic E-state index is 0.00355. The van der Waals surface area contributed by atoms with Crippen LogP contribution in [0.5, 0.6) is 0 Å². The first-order chi connectivity index (χ1) is 8.45. The van der Waals surface area contributed by atoms with Crippen molar-refractivity contribution in [2.75, 3.05) is 19.0 Å². The number of nitrogens with two attached hydrogens (primary N) is 1. The van der Waals surface area contributed by atoms with Crippen molar-refractivity contribution in [1.29, 1.82) is 0 Å². The normalized spacial score (nSPS) is 11.9. The predicted octanol–water partition coefficient (Wildman–Crippen LogP) is 1.06. The highest BCUT2D eigenvalue weighted by Crippen LogP contribution is 2.21. The lowest BCUT2D eigenvalue weighted by Gasteiger charge is -2.13. The number of hydrogen-bond donors (Lipinski definition) is 3. The fourth-order valence-corrected chi connectivity index (χ4v) is 1.65. The largest absolute Gasteiger partial charge is 0.478 e. The van der Waals surface area contributed by atoms with Gasteiger partial charge in [-0.15, -0.1) is 0 Å². The third-order valence-electron chi connectivity index (χ3n) is 2.15. The van der Waals surface area contributed by atoms with Gasteiger partial charge in [0.1, 0.15) is 6.04 Å². The summed E-state index contributed by atoms with van der Waals surface area (Å²) in [7, 11) is 1.43. The molecule has 1 aromatic rings. The molecule has 0 aromatic heterocycles. The fourth-order valence-electron chi connectivity index (χ4n) is 1.29. The summed E-state index contributed by atoms with van der Waals surface area (Å²) in [5.41, 5.74) is 5.73. The van der Waals surface area contributed by atoms with E-state index in [0.29, 0.717) is 4.47 Å². The zero-order valence-corrected chi connectivity index (χ0v) is 11.2. The van der Waals surface area contributed by atoms with Gasteiger partial charge in [-0.05, 0) is 18.2 Å². The summed E-state index contributed by atoms with van der Waals surface area (Å²) >= 11 is 3.20. The second-order valence-electron chi connectivity index (χ2n) is 3.55. The zero-order valence-electron chi connectivity index (χ0n) is 9.64. The molecule has 18 heavy (non-hydrogen) atoms. The van der Waals surface area contributed by atoms with Crippen molar-refractivity contribution in [3.8, 4) is 0 Å². The first kappa shape index (κ1) is 14.6. The van der Waals surface area contributed by atoms with Crippen LogP contribution in [0.1, 0.15) is 10.4 Å². The van der Waals surface area contributed by atoms with Crippen molar-refractivity contribution in [3.63, 3.8) is 0 Å². The minimum atomic E-state index is -1.13. The second-order valence-corrected chi connectivity index (χ2v) is 4.46. The van der Waals surface area contributed by atoms with Gasteiger partial charge in [0.05, 0.1) is 17.9 Å². The minimum Gasteiger partial charge on any atom is -0.478 e. The first-order valence-electron chi connectivity index (χ1n) is 5.04. The van der Waals surface area contributed by atoms with Gasteiger partial charge >= 0.3 is 5.97 Å². The molecule has 1 rings (SSSR count). The molecule has 0 saturated carbocycles. The molecule has 0 aliphatic heterocycles. The standard InChI is InChI=1S/C11H13BrN2O4/c1-18-5-8(13)10(15)14-9-4-6(12)2-3-7(9)11(16)17/h2-4,8H,5,13H2,1H3,(H,14,15)(H,16,17). The Balaban J connectivity index is 2.92. The number of benzene rings is 1. The van der Waals surface area contributed by atoms with E-state index in [2.05, 4.69) is 21.2 Å². The maximum Gasteiger partial charge on any atom is 0.337 e. The van der Waals surface area contributed by atoms with Crippen LogP contribution in [0.4, 0.5) is 5.69 Å². The summed E-state index contributed by atoms with van der Waals surface area (Å²) in [4.78, 5) is 22.7. The quantitative estimate of drug-likeness (QED) is 0.754. The van der Waals surface area contributed by atoms with Crippen LogP contribution in [0, 0.1) is 0 Å². The van der Waals surface area contributed by atoms with Gasteiger partial charge < -0.3 is 20.9 Å². The number of carboxylic acids is 1. The molecular formula is C11H13BrN2O4. The number of anilines is 1. The highest BCUT2D eigenvalue weighted by atomic mass is 79.9. The molecule has 0 spiro atoms. The van der Waals surface area contributed by atoms with Crippen LogP contribution in [-0.4, -0.2) is 36.7 Å². The summed E-state index contributed by atoms with van der Waals surface area (Å²) < 4.78 is 5.41. The Labute approximate surface area is 112 Å².